The van der Waals surface area contributed by atoms with Crippen molar-refractivity contribution in [3.63, 3.8) is 0 Å². The number of carboxylic acids is 1. The lowest BCUT2D eigenvalue weighted by Gasteiger charge is -2.07. The van der Waals surface area contributed by atoms with Gasteiger partial charge in [-0.15, -0.1) is 11.3 Å². The predicted octanol–water partition coefficient (Wildman–Crippen LogP) is 3.69. The Morgan fingerprint density at radius 3 is 2.71 bits per heavy atom. The molecule has 1 aromatic rings. The van der Waals surface area contributed by atoms with Crippen molar-refractivity contribution in [1.82, 2.24) is 4.98 Å². The molecule has 1 saturated carbocycles. The lowest BCUT2D eigenvalue weighted by molar-refractivity contribution is -0.138. The van der Waals surface area contributed by atoms with E-state index in [0.717, 1.165) is 15.6 Å². The Balaban J connectivity index is 2.25. The Bertz CT molecular complexity index is 408. The fourth-order valence-electron chi connectivity index (χ4n) is 2.57. The summed E-state index contributed by atoms with van der Waals surface area (Å²) in [7, 11) is 0. The maximum absolute atomic E-state index is 11.2. The number of carbonyl (C=O) groups is 1. The van der Waals surface area contributed by atoms with Crippen LogP contribution in [0, 0.1) is 6.92 Å². The van der Waals surface area contributed by atoms with Gasteiger partial charge in [0.2, 0.25) is 0 Å². The Morgan fingerprint density at radius 2 is 2.18 bits per heavy atom. The van der Waals surface area contributed by atoms with Crippen molar-refractivity contribution >= 4 is 17.3 Å². The van der Waals surface area contributed by atoms with Crippen LogP contribution in [0.5, 0.6) is 0 Å². The van der Waals surface area contributed by atoms with Crippen LogP contribution in [0.2, 0.25) is 0 Å². The van der Waals surface area contributed by atoms with Crippen LogP contribution in [0.4, 0.5) is 0 Å². The Kier molecular flexibility index (Phi) is 3.82. The zero-order valence-corrected chi connectivity index (χ0v) is 11.2. The fraction of sp³-hybridized carbons (Fsp3) is 0.692. The van der Waals surface area contributed by atoms with Crippen LogP contribution >= 0.6 is 11.3 Å². The maximum Gasteiger partial charge on any atom is 0.311 e. The summed E-state index contributed by atoms with van der Waals surface area (Å²) in [5.74, 6) is -0.515. The molecule has 0 spiro atoms. The van der Waals surface area contributed by atoms with Gasteiger partial charge in [-0.25, -0.2) is 4.98 Å². The van der Waals surface area contributed by atoms with E-state index in [1.54, 1.807) is 11.3 Å². The van der Waals surface area contributed by atoms with E-state index < -0.39 is 5.97 Å². The van der Waals surface area contributed by atoms with Gasteiger partial charge in [-0.2, -0.15) is 0 Å². The van der Waals surface area contributed by atoms with Crippen molar-refractivity contribution in [1.29, 1.82) is 0 Å². The van der Waals surface area contributed by atoms with Gasteiger partial charge in [0.05, 0.1) is 16.6 Å². The lowest BCUT2D eigenvalue weighted by atomic mass is 10.0. The number of aromatic nitrogens is 1. The molecule has 17 heavy (non-hydrogen) atoms. The normalized spacial score (nSPS) is 18.5. The lowest BCUT2D eigenvalue weighted by Crippen LogP contribution is -2.09. The van der Waals surface area contributed by atoms with Crippen LogP contribution < -0.4 is 0 Å². The largest absolute Gasteiger partial charge is 0.481 e. The van der Waals surface area contributed by atoms with Crippen LogP contribution in [0.25, 0.3) is 0 Å². The van der Waals surface area contributed by atoms with Gasteiger partial charge in [0.25, 0.3) is 0 Å². The second-order valence-corrected chi connectivity index (χ2v) is 5.84. The smallest absolute Gasteiger partial charge is 0.311 e. The standard InChI is InChI=1S/C13H19NO2S/c1-3-10(13(15)16)11-8(2)14-12(17-11)9-6-4-5-7-9/h9-10H,3-7H2,1-2H3,(H,15,16). The van der Waals surface area contributed by atoms with E-state index in [2.05, 4.69) is 4.98 Å². The van der Waals surface area contributed by atoms with E-state index in [9.17, 15) is 9.90 Å². The highest BCUT2D eigenvalue weighted by Gasteiger charge is 2.26. The zero-order valence-electron chi connectivity index (χ0n) is 10.4. The molecule has 0 radical (unpaired) electrons. The summed E-state index contributed by atoms with van der Waals surface area (Å²) >= 11 is 1.63. The third-order valence-corrected chi connectivity index (χ3v) is 5.01. The van der Waals surface area contributed by atoms with Gasteiger partial charge in [-0.3, -0.25) is 4.79 Å². The van der Waals surface area contributed by atoms with Crippen LogP contribution in [0.3, 0.4) is 0 Å². The summed E-state index contributed by atoms with van der Waals surface area (Å²) in [6, 6.07) is 0. The number of nitrogens with zero attached hydrogens (tertiary/aromatic N) is 1. The molecule has 1 unspecified atom stereocenters. The third kappa shape index (κ3) is 2.51. The van der Waals surface area contributed by atoms with E-state index in [0.29, 0.717) is 12.3 Å². The van der Waals surface area contributed by atoms with Crippen molar-refractivity contribution in [3.05, 3.63) is 15.6 Å². The number of aryl methyl sites for hydroxylation is 1. The number of rotatable bonds is 4. The van der Waals surface area contributed by atoms with Crippen LogP contribution in [0.1, 0.15) is 66.4 Å². The molecule has 1 aliphatic carbocycles. The minimum atomic E-state index is -0.725. The molecular formula is C13H19NO2S. The van der Waals surface area contributed by atoms with Gasteiger partial charge < -0.3 is 5.11 Å². The van der Waals surface area contributed by atoms with Gasteiger partial charge in [-0.1, -0.05) is 19.8 Å². The summed E-state index contributed by atoms with van der Waals surface area (Å²) in [5.41, 5.74) is 0.922. The molecular weight excluding hydrogens is 234 g/mol. The van der Waals surface area contributed by atoms with Crippen molar-refractivity contribution in [2.45, 2.75) is 57.8 Å². The quantitative estimate of drug-likeness (QED) is 0.890. The molecule has 0 aliphatic heterocycles. The topological polar surface area (TPSA) is 50.2 Å². The highest BCUT2D eigenvalue weighted by atomic mass is 32.1. The van der Waals surface area contributed by atoms with Gasteiger partial charge in [0.1, 0.15) is 0 Å². The first-order valence-corrected chi connectivity index (χ1v) is 7.15. The van der Waals surface area contributed by atoms with Crippen molar-refractivity contribution < 1.29 is 9.90 Å². The first-order chi connectivity index (χ1) is 8.13. The highest BCUT2D eigenvalue weighted by molar-refractivity contribution is 7.12. The molecule has 0 aromatic carbocycles. The number of hydrogen-bond donors (Lipinski definition) is 1. The molecule has 1 atom stereocenters. The molecule has 3 nitrogen and oxygen atoms in total. The maximum atomic E-state index is 11.2. The monoisotopic (exact) mass is 253 g/mol. The second-order valence-electron chi connectivity index (χ2n) is 4.78. The summed E-state index contributed by atoms with van der Waals surface area (Å²) < 4.78 is 0. The minimum Gasteiger partial charge on any atom is -0.481 e. The zero-order chi connectivity index (χ0) is 12.4. The van der Waals surface area contributed by atoms with Gasteiger partial charge in [0, 0.05) is 10.8 Å². The fourth-order valence-corrected chi connectivity index (χ4v) is 3.99. The molecule has 0 amide bonds. The van der Waals surface area contributed by atoms with E-state index in [-0.39, 0.29) is 5.92 Å². The summed E-state index contributed by atoms with van der Waals surface area (Å²) in [6.45, 7) is 3.86. The Labute approximate surface area is 106 Å². The highest BCUT2D eigenvalue weighted by Crippen LogP contribution is 2.39. The Morgan fingerprint density at radius 1 is 1.53 bits per heavy atom. The molecule has 1 aromatic heterocycles. The van der Waals surface area contributed by atoms with Crippen molar-refractivity contribution in [2.75, 3.05) is 0 Å². The number of carboxylic acid groups (broad SMARTS) is 1. The van der Waals surface area contributed by atoms with E-state index >= 15 is 0 Å². The first-order valence-electron chi connectivity index (χ1n) is 6.33. The summed E-state index contributed by atoms with van der Waals surface area (Å²) in [6.07, 6.45) is 5.65. The molecule has 94 valence electrons. The average molecular weight is 253 g/mol. The van der Waals surface area contributed by atoms with Crippen LogP contribution in [0.15, 0.2) is 0 Å². The van der Waals surface area contributed by atoms with Crippen LogP contribution in [-0.4, -0.2) is 16.1 Å². The van der Waals surface area contributed by atoms with Crippen molar-refractivity contribution in [3.8, 4) is 0 Å². The van der Waals surface area contributed by atoms with E-state index in [1.165, 1.54) is 25.7 Å². The van der Waals surface area contributed by atoms with Gasteiger partial charge >= 0.3 is 5.97 Å². The van der Waals surface area contributed by atoms with Gasteiger partial charge in [0.15, 0.2) is 0 Å². The summed E-state index contributed by atoms with van der Waals surface area (Å²) in [5, 5.41) is 10.4. The molecule has 4 heteroatoms. The number of aliphatic carboxylic acids is 1. The van der Waals surface area contributed by atoms with E-state index in [4.69, 9.17) is 0 Å². The SMILES string of the molecule is CCC(C(=O)O)c1sc(C2CCCC2)nc1C. The van der Waals surface area contributed by atoms with E-state index in [1.807, 2.05) is 13.8 Å². The molecule has 1 heterocycles. The van der Waals surface area contributed by atoms with Gasteiger partial charge in [-0.05, 0) is 26.2 Å². The number of hydrogen-bond acceptors (Lipinski definition) is 3. The molecule has 1 N–H and O–H groups in total. The molecule has 2 rings (SSSR count). The number of thiazole rings is 1. The van der Waals surface area contributed by atoms with Crippen LogP contribution in [-0.2, 0) is 4.79 Å². The molecule has 1 fully saturated rings. The molecule has 1 aliphatic rings. The summed E-state index contributed by atoms with van der Waals surface area (Å²) in [4.78, 5) is 16.8. The van der Waals surface area contributed by atoms with Crippen molar-refractivity contribution in [2.24, 2.45) is 0 Å². The molecule has 0 saturated heterocycles. The second kappa shape index (κ2) is 5.17. The Hall–Kier alpha value is -0.900. The third-order valence-electron chi connectivity index (χ3n) is 3.58. The average Bonchev–Trinajstić information content (AvgIpc) is 2.89. The minimum absolute atomic E-state index is 0.373. The predicted molar refractivity (Wildman–Crippen MR) is 68.7 cm³/mol. The molecule has 0 bridgehead atoms. The first kappa shape index (κ1) is 12.6.